The van der Waals surface area contributed by atoms with Gasteiger partial charge in [0.05, 0.1) is 17.6 Å². The van der Waals surface area contributed by atoms with Gasteiger partial charge in [-0.1, -0.05) is 19.3 Å². The van der Waals surface area contributed by atoms with Crippen LogP contribution < -0.4 is 4.74 Å². The molecular weight excluding hydrogens is 262 g/mol. The van der Waals surface area contributed by atoms with Crippen molar-refractivity contribution >= 4 is 11.7 Å². The summed E-state index contributed by atoms with van der Waals surface area (Å²) < 4.78 is 5.57. The predicted octanol–water partition coefficient (Wildman–Crippen LogP) is 3.25. The first-order chi connectivity index (χ1) is 9.58. The topological polar surface area (TPSA) is 89.7 Å². The highest BCUT2D eigenvalue weighted by Crippen LogP contribution is 2.27. The van der Waals surface area contributed by atoms with E-state index in [9.17, 15) is 14.9 Å². The van der Waals surface area contributed by atoms with Gasteiger partial charge in [-0.05, 0) is 30.9 Å². The Morgan fingerprint density at radius 1 is 1.35 bits per heavy atom. The summed E-state index contributed by atoms with van der Waals surface area (Å²) >= 11 is 0. The number of nitro benzene ring substituents is 1. The van der Waals surface area contributed by atoms with Crippen molar-refractivity contribution in [3.63, 3.8) is 0 Å². The molecule has 0 atom stereocenters. The molecule has 6 heteroatoms. The van der Waals surface area contributed by atoms with Crippen LogP contribution in [0.4, 0.5) is 5.69 Å². The molecule has 20 heavy (non-hydrogen) atoms. The van der Waals surface area contributed by atoms with Gasteiger partial charge in [-0.15, -0.1) is 0 Å². The number of ether oxygens (including phenoxy) is 1. The number of carboxylic acids is 1. The van der Waals surface area contributed by atoms with Gasteiger partial charge in [-0.25, -0.2) is 4.79 Å². The first-order valence-corrected chi connectivity index (χ1v) is 6.72. The van der Waals surface area contributed by atoms with Crippen molar-refractivity contribution in [3.8, 4) is 5.75 Å². The van der Waals surface area contributed by atoms with Crippen molar-refractivity contribution in [2.75, 3.05) is 6.61 Å². The number of nitro groups is 1. The summed E-state index contributed by atoms with van der Waals surface area (Å²) in [5, 5.41) is 19.8. The minimum Gasteiger partial charge on any atom is -0.493 e. The smallest absolute Gasteiger partial charge is 0.342 e. The van der Waals surface area contributed by atoms with Crippen LogP contribution in [0.2, 0.25) is 0 Å². The van der Waals surface area contributed by atoms with Crippen LogP contribution >= 0.6 is 0 Å². The molecule has 0 unspecified atom stereocenters. The second kappa shape index (κ2) is 6.36. The van der Waals surface area contributed by atoms with E-state index in [2.05, 4.69) is 0 Å². The van der Waals surface area contributed by atoms with Crippen molar-refractivity contribution < 1.29 is 19.6 Å². The largest absolute Gasteiger partial charge is 0.493 e. The molecule has 1 saturated carbocycles. The number of aromatic carboxylic acids is 1. The zero-order valence-corrected chi connectivity index (χ0v) is 11.1. The van der Waals surface area contributed by atoms with Crippen molar-refractivity contribution in [1.29, 1.82) is 0 Å². The molecule has 2 rings (SSSR count). The number of carbonyl (C=O) groups is 1. The van der Waals surface area contributed by atoms with E-state index in [1.54, 1.807) is 0 Å². The minimum atomic E-state index is -1.31. The highest BCUT2D eigenvalue weighted by molar-refractivity contribution is 5.92. The molecule has 0 heterocycles. The maximum Gasteiger partial charge on any atom is 0.342 e. The van der Waals surface area contributed by atoms with Gasteiger partial charge in [0.15, 0.2) is 0 Å². The molecule has 0 bridgehead atoms. The quantitative estimate of drug-likeness (QED) is 0.660. The fraction of sp³-hybridized carbons (Fsp3) is 0.500. The second-order valence-corrected chi connectivity index (χ2v) is 5.06. The fourth-order valence-electron chi connectivity index (χ4n) is 2.50. The lowest BCUT2D eigenvalue weighted by Crippen LogP contribution is -2.15. The molecule has 0 aliphatic heterocycles. The third-order valence-corrected chi connectivity index (χ3v) is 3.61. The fourth-order valence-corrected chi connectivity index (χ4v) is 2.50. The molecule has 0 radical (unpaired) electrons. The number of rotatable bonds is 5. The van der Waals surface area contributed by atoms with Crippen molar-refractivity contribution in [1.82, 2.24) is 0 Å². The average Bonchev–Trinajstić information content (AvgIpc) is 2.45. The Labute approximate surface area is 116 Å². The lowest BCUT2D eigenvalue weighted by atomic mass is 9.90. The summed E-state index contributed by atoms with van der Waals surface area (Å²) in [6.45, 7) is 0.531. The summed E-state index contributed by atoms with van der Waals surface area (Å²) in [6, 6.07) is 3.88. The average molecular weight is 279 g/mol. The van der Waals surface area contributed by atoms with Crippen LogP contribution in [0, 0.1) is 16.0 Å². The molecule has 6 nitrogen and oxygen atoms in total. The number of hydrogen-bond acceptors (Lipinski definition) is 4. The molecule has 1 N–H and O–H groups in total. The van der Waals surface area contributed by atoms with Crippen LogP contribution in [-0.2, 0) is 0 Å². The summed E-state index contributed by atoms with van der Waals surface area (Å²) in [5.41, 5.74) is -0.751. The number of carboxylic acid groups (broad SMARTS) is 1. The lowest BCUT2D eigenvalue weighted by Gasteiger charge is -2.21. The Morgan fingerprint density at radius 3 is 2.65 bits per heavy atom. The van der Waals surface area contributed by atoms with Gasteiger partial charge >= 0.3 is 5.97 Å². The van der Waals surface area contributed by atoms with Gasteiger partial charge in [0.2, 0.25) is 0 Å². The van der Waals surface area contributed by atoms with Gasteiger partial charge in [0.1, 0.15) is 11.3 Å². The van der Waals surface area contributed by atoms with E-state index < -0.39 is 16.6 Å². The monoisotopic (exact) mass is 279 g/mol. The predicted molar refractivity (Wildman–Crippen MR) is 72.1 cm³/mol. The van der Waals surface area contributed by atoms with Gasteiger partial charge in [0, 0.05) is 0 Å². The van der Waals surface area contributed by atoms with Crippen molar-refractivity contribution in [2.24, 2.45) is 5.92 Å². The Kier molecular flexibility index (Phi) is 4.55. The summed E-state index contributed by atoms with van der Waals surface area (Å²) in [4.78, 5) is 21.1. The van der Waals surface area contributed by atoms with E-state index in [0.29, 0.717) is 18.3 Å². The molecular formula is C14H17NO5. The van der Waals surface area contributed by atoms with Crippen LogP contribution in [0.1, 0.15) is 42.5 Å². The normalized spacial score (nSPS) is 15.8. The van der Waals surface area contributed by atoms with Gasteiger partial charge < -0.3 is 9.84 Å². The van der Waals surface area contributed by atoms with Crippen LogP contribution in [0.15, 0.2) is 18.2 Å². The Balaban J connectivity index is 2.06. The molecule has 0 spiro atoms. The Morgan fingerprint density at radius 2 is 2.05 bits per heavy atom. The van der Waals surface area contributed by atoms with E-state index >= 15 is 0 Å². The van der Waals surface area contributed by atoms with Gasteiger partial charge in [-0.3, -0.25) is 10.1 Å². The van der Waals surface area contributed by atoms with Crippen LogP contribution in [0.25, 0.3) is 0 Å². The van der Waals surface area contributed by atoms with E-state index in [-0.39, 0.29) is 5.56 Å². The minimum absolute atomic E-state index is 0.319. The van der Waals surface area contributed by atoms with Crippen LogP contribution in [-0.4, -0.2) is 22.6 Å². The van der Waals surface area contributed by atoms with Gasteiger partial charge in [-0.2, -0.15) is 0 Å². The Hall–Kier alpha value is -2.11. The maximum atomic E-state index is 10.9. The molecule has 1 aliphatic carbocycles. The molecule has 0 amide bonds. The number of hydrogen-bond donors (Lipinski definition) is 1. The standard InChI is InChI=1S/C14H17NO5/c16-14(17)12-7-6-11(8-13(12)15(18)19)20-9-10-4-2-1-3-5-10/h6-8,10H,1-5,9H2,(H,16,17). The summed E-state index contributed by atoms with van der Waals surface area (Å²) in [6.07, 6.45) is 5.90. The highest BCUT2D eigenvalue weighted by atomic mass is 16.6. The van der Waals surface area contributed by atoms with Crippen LogP contribution in [0.5, 0.6) is 5.75 Å². The lowest BCUT2D eigenvalue weighted by molar-refractivity contribution is -0.385. The summed E-state index contributed by atoms with van der Waals surface area (Å²) in [7, 11) is 0. The second-order valence-electron chi connectivity index (χ2n) is 5.06. The number of nitrogens with zero attached hydrogens (tertiary/aromatic N) is 1. The molecule has 1 aromatic rings. The first kappa shape index (κ1) is 14.3. The third kappa shape index (κ3) is 3.46. The van der Waals surface area contributed by atoms with Crippen LogP contribution in [0.3, 0.4) is 0 Å². The molecule has 0 aromatic heterocycles. The molecule has 1 fully saturated rings. The highest BCUT2D eigenvalue weighted by Gasteiger charge is 2.21. The molecule has 108 valence electrons. The van der Waals surface area contributed by atoms with E-state index in [0.717, 1.165) is 12.8 Å². The maximum absolute atomic E-state index is 10.9. The third-order valence-electron chi connectivity index (χ3n) is 3.61. The van der Waals surface area contributed by atoms with Crippen molar-refractivity contribution in [3.05, 3.63) is 33.9 Å². The zero-order valence-electron chi connectivity index (χ0n) is 11.1. The first-order valence-electron chi connectivity index (χ1n) is 6.72. The number of benzene rings is 1. The van der Waals surface area contributed by atoms with E-state index in [1.165, 1.54) is 37.5 Å². The van der Waals surface area contributed by atoms with Crippen molar-refractivity contribution in [2.45, 2.75) is 32.1 Å². The zero-order chi connectivity index (χ0) is 14.5. The van der Waals surface area contributed by atoms with E-state index in [1.807, 2.05) is 0 Å². The molecule has 1 aromatic carbocycles. The molecule has 1 aliphatic rings. The Bertz CT molecular complexity index is 508. The van der Waals surface area contributed by atoms with Gasteiger partial charge in [0.25, 0.3) is 5.69 Å². The summed E-state index contributed by atoms with van der Waals surface area (Å²) in [5.74, 6) is -0.468. The van der Waals surface area contributed by atoms with E-state index in [4.69, 9.17) is 9.84 Å². The molecule has 0 saturated heterocycles. The SMILES string of the molecule is O=C(O)c1ccc(OCC2CCCCC2)cc1[N+](=O)[O-].